The Kier molecular flexibility index (Phi) is 10.7. The Balaban J connectivity index is 0.00000300. The van der Waals surface area contributed by atoms with Gasteiger partial charge in [0.1, 0.15) is 0 Å². The molecule has 8 heteroatoms. The molecule has 0 atom stereocenters. The molecule has 2 aliphatic rings. The minimum Gasteiger partial charge on any atom is -0.379 e. The lowest BCUT2D eigenvalue weighted by Crippen LogP contribution is -2.39. The standard InChI is InChI=1S/C21H33N5O2.HI/c22-21(23-9-4-10-26-11-13-28-14-12-26)24-16-17-5-3-8-19(15-17)25-20(27)18-6-1-2-7-18;/h3,5,8,15,18H,1-2,4,6-7,9-14,16H2,(H,25,27)(H3,22,23,24);1H. The molecule has 2 fully saturated rings. The lowest BCUT2D eigenvalue weighted by molar-refractivity contribution is -0.119. The number of carbonyl (C=O) groups is 1. The van der Waals surface area contributed by atoms with E-state index in [0.717, 1.165) is 82.7 Å². The summed E-state index contributed by atoms with van der Waals surface area (Å²) < 4.78 is 5.35. The number of nitrogens with one attached hydrogen (secondary N) is 2. The number of amides is 1. The van der Waals surface area contributed by atoms with Gasteiger partial charge in [0.25, 0.3) is 0 Å². The van der Waals surface area contributed by atoms with Crippen molar-refractivity contribution in [1.82, 2.24) is 10.2 Å². The molecular formula is C21H34IN5O2. The molecule has 7 nitrogen and oxygen atoms in total. The van der Waals surface area contributed by atoms with Crippen molar-refractivity contribution in [1.29, 1.82) is 0 Å². The summed E-state index contributed by atoms with van der Waals surface area (Å²) in [7, 11) is 0. The maximum Gasteiger partial charge on any atom is 0.227 e. The average Bonchev–Trinajstić information content (AvgIpc) is 3.26. The number of nitrogens with two attached hydrogens (primary N) is 1. The molecule has 1 aliphatic heterocycles. The van der Waals surface area contributed by atoms with E-state index in [1.165, 1.54) is 0 Å². The fourth-order valence-corrected chi connectivity index (χ4v) is 3.76. The van der Waals surface area contributed by atoms with Gasteiger partial charge in [0, 0.05) is 31.2 Å². The van der Waals surface area contributed by atoms with Crippen molar-refractivity contribution in [2.45, 2.75) is 38.6 Å². The van der Waals surface area contributed by atoms with Crippen molar-refractivity contribution in [3.8, 4) is 0 Å². The average molecular weight is 515 g/mol. The Hall–Kier alpha value is -1.39. The van der Waals surface area contributed by atoms with Crippen molar-refractivity contribution in [3.63, 3.8) is 0 Å². The zero-order valence-electron chi connectivity index (χ0n) is 17.1. The monoisotopic (exact) mass is 515 g/mol. The Morgan fingerprint density at radius 1 is 1.24 bits per heavy atom. The predicted molar refractivity (Wildman–Crippen MR) is 128 cm³/mol. The summed E-state index contributed by atoms with van der Waals surface area (Å²) in [6.45, 7) is 6.04. The van der Waals surface area contributed by atoms with E-state index in [2.05, 4.69) is 20.5 Å². The van der Waals surface area contributed by atoms with Crippen LogP contribution < -0.4 is 16.4 Å². The minimum atomic E-state index is 0. The van der Waals surface area contributed by atoms with Crippen LogP contribution >= 0.6 is 24.0 Å². The third-order valence-corrected chi connectivity index (χ3v) is 5.41. The van der Waals surface area contributed by atoms with E-state index >= 15 is 0 Å². The Morgan fingerprint density at radius 2 is 2.00 bits per heavy atom. The van der Waals surface area contributed by atoms with Gasteiger partial charge < -0.3 is 21.1 Å². The van der Waals surface area contributed by atoms with Crippen molar-refractivity contribution in [2.75, 3.05) is 44.7 Å². The molecule has 0 unspecified atom stereocenters. The molecule has 1 heterocycles. The number of ether oxygens (including phenoxy) is 1. The van der Waals surface area contributed by atoms with Gasteiger partial charge in [-0.3, -0.25) is 9.69 Å². The summed E-state index contributed by atoms with van der Waals surface area (Å²) in [4.78, 5) is 19.1. The molecular weight excluding hydrogens is 481 g/mol. The third kappa shape index (κ3) is 8.47. The number of aliphatic imine (C=N–C) groups is 1. The predicted octanol–water partition coefficient (Wildman–Crippen LogP) is 2.56. The second kappa shape index (κ2) is 13.0. The first-order valence-corrected chi connectivity index (χ1v) is 10.4. The zero-order valence-corrected chi connectivity index (χ0v) is 19.4. The van der Waals surface area contributed by atoms with Gasteiger partial charge in [-0.25, -0.2) is 4.99 Å². The van der Waals surface area contributed by atoms with Gasteiger partial charge in [-0.05, 0) is 43.5 Å². The zero-order chi connectivity index (χ0) is 19.6. The van der Waals surface area contributed by atoms with Crippen LogP contribution in [0, 0.1) is 5.92 Å². The topological polar surface area (TPSA) is 92.0 Å². The minimum absolute atomic E-state index is 0. The van der Waals surface area contributed by atoms with Gasteiger partial charge >= 0.3 is 0 Å². The van der Waals surface area contributed by atoms with Gasteiger partial charge in [-0.15, -0.1) is 24.0 Å². The summed E-state index contributed by atoms with van der Waals surface area (Å²) in [6.07, 6.45) is 5.35. The van der Waals surface area contributed by atoms with E-state index in [1.54, 1.807) is 0 Å². The van der Waals surface area contributed by atoms with E-state index < -0.39 is 0 Å². The summed E-state index contributed by atoms with van der Waals surface area (Å²) in [5, 5.41) is 6.21. The molecule has 0 aromatic heterocycles. The summed E-state index contributed by atoms with van der Waals surface area (Å²) in [5.74, 6) is 0.765. The van der Waals surface area contributed by atoms with Crippen LogP contribution in [0.2, 0.25) is 0 Å². The van der Waals surface area contributed by atoms with Gasteiger partial charge in [-0.1, -0.05) is 25.0 Å². The highest BCUT2D eigenvalue weighted by Gasteiger charge is 2.22. The molecule has 29 heavy (non-hydrogen) atoms. The number of morpholine rings is 1. The second-order valence-corrected chi connectivity index (χ2v) is 7.61. The number of halogens is 1. The van der Waals surface area contributed by atoms with Gasteiger partial charge in [0.2, 0.25) is 5.91 Å². The quantitative estimate of drug-likeness (QED) is 0.214. The molecule has 0 spiro atoms. The van der Waals surface area contributed by atoms with Crippen LogP contribution in [0.25, 0.3) is 0 Å². The number of anilines is 1. The van der Waals surface area contributed by atoms with Crippen molar-refractivity contribution < 1.29 is 9.53 Å². The van der Waals surface area contributed by atoms with Crippen molar-refractivity contribution >= 4 is 41.5 Å². The Labute approximate surface area is 190 Å². The number of rotatable bonds is 8. The fraction of sp³-hybridized carbons (Fsp3) is 0.619. The molecule has 1 aromatic rings. The number of benzene rings is 1. The molecule has 162 valence electrons. The number of carbonyl (C=O) groups excluding carboxylic acids is 1. The summed E-state index contributed by atoms with van der Waals surface area (Å²) in [5.41, 5.74) is 7.84. The summed E-state index contributed by atoms with van der Waals surface area (Å²) in [6, 6.07) is 7.84. The van der Waals surface area contributed by atoms with Gasteiger partial charge in [0.15, 0.2) is 5.96 Å². The van der Waals surface area contributed by atoms with Crippen LogP contribution in [0.3, 0.4) is 0 Å². The van der Waals surface area contributed by atoms with E-state index in [4.69, 9.17) is 10.5 Å². The van der Waals surface area contributed by atoms with Crippen LogP contribution in [0.15, 0.2) is 29.3 Å². The lowest BCUT2D eigenvalue weighted by Gasteiger charge is -2.26. The first-order chi connectivity index (χ1) is 13.7. The highest BCUT2D eigenvalue weighted by molar-refractivity contribution is 14.0. The fourth-order valence-electron chi connectivity index (χ4n) is 3.76. The van der Waals surface area contributed by atoms with Crippen molar-refractivity contribution in [2.24, 2.45) is 16.6 Å². The maximum absolute atomic E-state index is 12.3. The molecule has 4 N–H and O–H groups in total. The molecule has 1 aliphatic carbocycles. The second-order valence-electron chi connectivity index (χ2n) is 7.61. The lowest BCUT2D eigenvalue weighted by atomic mass is 10.1. The van der Waals surface area contributed by atoms with Gasteiger partial charge in [-0.2, -0.15) is 0 Å². The normalized spacial score (nSPS) is 18.3. The van der Waals surface area contributed by atoms with Crippen LogP contribution in [0.5, 0.6) is 0 Å². The SMILES string of the molecule is I.NC(=NCc1cccc(NC(=O)C2CCCC2)c1)NCCCN1CCOCC1. The number of guanidine groups is 1. The molecule has 0 bridgehead atoms. The Bertz CT molecular complexity index is 658. The van der Waals surface area contributed by atoms with E-state index in [0.29, 0.717) is 12.5 Å². The molecule has 3 rings (SSSR count). The number of hydrogen-bond acceptors (Lipinski definition) is 4. The third-order valence-electron chi connectivity index (χ3n) is 5.41. The van der Waals surface area contributed by atoms with Crippen LogP contribution in [0.4, 0.5) is 5.69 Å². The largest absolute Gasteiger partial charge is 0.379 e. The van der Waals surface area contributed by atoms with E-state index in [9.17, 15) is 4.79 Å². The molecule has 1 aromatic carbocycles. The van der Waals surface area contributed by atoms with Crippen LogP contribution in [0.1, 0.15) is 37.7 Å². The maximum atomic E-state index is 12.3. The smallest absolute Gasteiger partial charge is 0.227 e. The highest BCUT2D eigenvalue weighted by Crippen LogP contribution is 2.26. The molecule has 1 amide bonds. The van der Waals surface area contributed by atoms with E-state index in [-0.39, 0.29) is 35.8 Å². The molecule has 1 saturated heterocycles. The van der Waals surface area contributed by atoms with Crippen LogP contribution in [-0.2, 0) is 16.1 Å². The number of nitrogens with zero attached hydrogens (tertiary/aromatic N) is 2. The van der Waals surface area contributed by atoms with Crippen molar-refractivity contribution in [3.05, 3.63) is 29.8 Å². The number of hydrogen-bond donors (Lipinski definition) is 3. The first kappa shape index (κ1) is 23.9. The molecule has 0 radical (unpaired) electrons. The Morgan fingerprint density at radius 3 is 2.76 bits per heavy atom. The molecule has 1 saturated carbocycles. The van der Waals surface area contributed by atoms with Gasteiger partial charge in [0.05, 0.1) is 19.8 Å². The van der Waals surface area contributed by atoms with Crippen LogP contribution in [-0.4, -0.2) is 56.2 Å². The summed E-state index contributed by atoms with van der Waals surface area (Å²) >= 11 is 0. The first-order valence-electron chi connectivity index (χ1n) is 10.4. The highest BCUT2D eigenvalue weighted by atomic mass is 127. The van der Waals surface area contributed by atoms with E-state index in [1.807, 2.05) is 24.3 Å².